The van der Waals surface area contributed by atoms with Gasteiger partial charge in [-0.2, -0.15) is 4.98 Å². The first kappa shape index (κ1) is 12.5. The molecule has 20 heavy (non-hydrogen) atoms. The fraction of sp³-hybridized carbons (Fsp3) is 0.188. The summed E-state index contributed by atoms with van der Waals surface area (Å²) in [5, 5.41) is 0. The highest BCUT2D eigenvalue weighted by atomic mass is 16.4. The lowest BCUT2D eigenvalue weighted by Gasteiger charge is -2.17. The van der Waals surface area contributed by atoms with E-state index in [1.807, 2.05) is 30.1 Å². The van der Waals surface area contributed by atoms with Crippen LogP contribution in [0.2, 0.25) is 0 Å². The number of aryl methyl sites for hydroxylation is 2. The van der Waals surface area contributed by atoms with Crippen molar-refractivity contribution in [3.8, 4) is 0 Å². The summed E-state index contributed by atoms with van der Waals surface area (Å²) in [6.07, 6.45) is 0. The number of rotatable bonds is 2. The van der Waals surface area contributed by atoms with Crippen LogP contribution in [0, 0.1) is 13.8 Å². The number of anilines is 3. The lowest BCUT2D eigenvalue weighted by Crippen LogP contribution is -2.11. The van der Waals surface area contributed by atoms with Crippen LogP contribution in [0.25, 0.3) is 11.1 Å². The van der Waals surface area contributed by atoms with Gasteiger partial charge in [0, 0.05) is 12.7 Å². The third kappa shape index (κ3) is 1.99. The van der Waals surface area contributed by atoms with Crippen LogP contribution in [-0.2, 0) is 0 Å². The molecule has 0 unspecified atom stereocenters. The Morgan fingerprint density at radius 3 is 2.65 bits per heavy atom. The van der Waals surface area contributed by atoms with Crippen molar-refractivity contribution in [1.82, 2.24) is 4.98 Å². The molecule has 0 saturated carbocycles. The van der Waals surface area contributed by atoms with E-state index in [2.05, 4.69) is 37.0 Å². The van der Waals surface area contributed by atoms with E-state index < -0.39 is 0 Å². The monoisotopic (exact) mass is 267 g/mol. The van der Waals surface area contributed by atoms with Gasteiger partial charge in [-0.15, -0.1) is 0 Å². The molecule has 0 amide bonds. The molecule has 1 aromatic heterocycles. The number of hydrogen-bond acceptors (Lipinski definition) is 4. The highest BCUT2D eigenvalue weighted by Crippen LogP contribution is 2.31. The topological polar surface area (TPSA) is 55.3 Å². The zero-order valence-corrected chi connectivity index (χ0v) is 11.8. The van der Waals surface area contributed by atoms with Crippen LogP contribution in [0.1, 0.15) is 11.1 Å². The first-order valence-electron chi connectivity index (χ1n) is 6.52. The standard InChI is InChI=1S/C16H17N3O/c1-10-7-8-13(11(2)9-10)19(3)16-18-15-12(17)5-4-6-14(15)20-16/h4-9H,17H2,1-3H3. The molecular weight excluding hydrogens is 250 g/mol. The molecule has 0 aliphatic carbocycles. The first-order valence-corrected chi connectivity index (χ1v) is 6.52. The smallest absolute Gasteiger partial charge is 0.302 e. The van der Waals surface area contributed by atoms with E-state index in [1.54, 1.807) is 0 Å². The van der Waals surface area contributed by atoms with Gasteiger partial charge in [0.1, 0.15) is 5.52 Å². The SMILES string of the molecule is Cc1ccc(N(C)c2nc3c(N)cccc3o2)c(C)c1. The molecule has 0 bridgehead atoms. The fourth-order valence-electron chi connectivity index (χ4n) is 2.39. The normalized spacial score (nSPS) is 10.9. The molecule has 3 rings (SSSR count). The Bertz CT molecular complexity index is 776. The summed E-state index contributed by atoms with van der Waals surface area (Å²) in [4.78, 5) is 6.43. The van der Waals surface area contributed by atoms with Crippen LogP contribution >= 0.6 is 0 Å². The average Bonchev–Trinajstić information content (AvgIpc) is 2.83. The quantitative estimate of drug-likeness (QED) is 0.718. The van der Waals surface area contributed by atoms with Gasteiger partial charge in [-0.3, -0.25) is 4.90 Å². The van der Waals surface area contributed by atoms with Gasteiger partial charge in [-0.1, -0.05) is 23.8 Å². The predicted molar refractivity (Wildman–Crippen MR) is 82.4 cm³/mol. The second kappa shape index (κ2) is 4.56. The molecular formula is C16H17N3O. The fourth-order valence-corrected chi connectivity index (χ4v) is 2.39. The molecule has 4 heteroatoms. The largest absolute Gasteiger partial charge is 0.423 e. The number of nitrogens with two attached hydrogens (primary N) is 1. The highest BCUT2D eigenvalue weighted by molar-refractivity contribution is 5.87. The van der Waals surface area contributed by atoms with Crippen LogP contribution in [0.5, 0.6) is 0 Å². The molecule has 2 aromatic carbocycles. The van der Waals surface area contributed by atoms with E-state index in [-0.39, 0.29) is 0 Å². The second-order valence-electron chi connectivity index (χ2n) is 5.04. The summed E-state index contributed by atoms with van der Waals surface area (Å²) >= 11 is 0. The minimum absolute atomic E-state index is 0.546. The number of aromatic nitrogens is 1. The zero-order chi connectivity index (χ0) is 14.3. The lowest BCUT2D eigenvalue weighted by atomic mass is 10.1. The Kier molecular flexibility index (Phi) is 2.86. The van der Waals surface area contributed by atoms with E-state index in [1.165, 1.54) is 11.1 Å². The molecule has 1 heterocycles. The molecule has 0 aliphatic heterocycles. The molecule has 3 aromatic rings. The van der Waals surface area contributed by atoms with E-state index in [0.717, 1.165) is 5.69 Å². The molecule has 0 aliphatic rings. The number of hydrogen-bond donors (Lipinski definition) is 1. The molecule has 102 valence electrons. The summed E-state index contributed by atoms with van der Waals surface area (Å²) in [5.41, 5.74) is 11.5. The molecule has 0 spiro atoms. The number of nitrogen functional groups attached to an aromatic ring is 1. The van der Waals surface area contributed by atoms with Crippen LogP contribution in [-0.4, -0.2) is 12.0 Å². The third-order valence-electron chi connectivity index (χ3n) is 3.44. The van der Waals surface area contributed by atoms with Crippen molar-refractivity contribution in [1.29, 1.82) is 0 Å². The summed E-state index contributed by atoms with van der Waals surface area (Å²) < 4.78 is 5.79. The molecule has 0 atom stereocenters. The Balaban J connectivity index is 2.08. The van der Waals surface area contributed by atoms with Gasteiger partial charge in [0.05, 0.1) is 5.69 Å². The predicted octanol–water partition coefficient (Wildman–Crippen LogP) is 3.79. The number of para-hydroxylation sites is 1. The van der Waals surface area contributed by atoms with Gasteiger partial charge in [-0.05, 0) is 37.6 Å². The van der Waals surface area contributed by atoms with Crippen LogP contribution < -0.4 is 10.6 Å². The maximum Gasteiger partial charge on any atom is 0.302 e. The summed E-state index contributed by atoms with van der Waals surface area (Å²) in [6.45, 7) is 4.16. The Morgan fingerprint density at radius 2 is 1.95 bits per heavy atom. The van der Waals surface area contributed by atoms with Crippen molar-refractivity contribution in [2.75, 3.05) is 17.7 Å². The molecule has 0 saturated heterocycles. The minimum Gasteiger partial charge on any atom is -0.423 e. The molecule has 4 nitrogen and oxygen atoms in total. The summed E-state index contributed by atoms with van der Waals surface area (Å²) in [6, 6.07) is 12.4. The first-order chi connectivity index (χ1) is 9.56. The highest BCUT2D eigenvalue weighted by Gasteiger charge is 2.14. The van der Waals surface area contributed by atoms with E-state index in [4.69, 9.17) is 10.2 Å². The van der Waals surface area contributed by atoms with Crippen LogP contribution in [0.3, 0.4) is 0 Å². The number of benzene rings is 2. The zero-order valence-electron chi connectivity index (χ0n) is 11.8. The van der Waals surface area contributed by atoms with Gasteiger partial charge in [0.15, 0.2) is 5.58 Å². The summed E-state index contributed by atoms with van der Waals surface area (Å²) in [5.74, 6) is 0. The molecule has 2 N–H and O–H groups in total. The maximum atomic E-state index is 5.92. The van der Waals surface area contributed by atoms with Crippen LogP contribution in [0.15, 0.2) is 40.8 Å². The van der Waals surface area contributed by atoms with Gasteiger partial charge < -0.3 is 10.2 Å². The van der Waals surface area contributed by atoms with Gasteiger partial charge in [-0.25, -0.2) is 0 Å². The molecule has 0 radical (unpaired) electrons. The lowest BCUT2D eigenvalue weighted by molar-refractivity contribution is 0.603. The number of oxazole rings is 1. The van der Waals surface area contributed by atoms with E-state index in [9.17, 15) is 0 Å². The Morgan fingerprint density at radius 1 is 1.15 bits per heavy atom. The van der Waals surface area contributed by atoms with Crippen molar-refractivity contribution in [3.05, 3.63) is 47.5 Å². The van der Waals surface area contributed by atoms with Crippen molar-refractivity contribution in [2.24, 2.45) is 0 Å². The van der Waals surface area contributed by atoms with E-state index in [0.29, 0.717) is 22.8 Å². The van der Waals surface area contributed by atoms with E-state index >= 15 is 0 Å². The average molecular weight is 267 g/mol. The van der Waals surface area contributed by atoms with Crippen molar-refractivity contribution in [3.63, 3.8) is 0 Å². The second-order valence-corrected chi connectivity index (χ2v) is 5.04. The third-order valence-corrected chi connectivity index (χ3v) is 3.44. The van der Waals surface area contributed by atoms with Gasteiger partial charge >= 0.3 is 6.01 Å². The van der Waals surface area contributed by atoms with Crippen molar-refractivity contribution < 1.29 is 4.42 Å². The summed E-state index contributed by atoms with van der Waals surface area (Å²) in [7, 11) is 1.94. The number of nitrogens with zero attached hydrogens (tertiary/aromatic N) is 2. The van der Waals surface area contributed by atoms with Gasteiger partial charge in [0.25, 0.3) is 0 Å². The minimum atomic E-state index is 0.546. The van der Waals surface area contributed by atoms with Crippen molar-refractivity contribution >= 4 is 28.5 Å². The Labute approximate surface area is 117 Å². The van der Waals surface area contributed by atoms with Crippen molar-refractivity contribution in [2.45, 2.75) is 13.8 Å². The van der Waals surface area contributed by atoms with Gasteiger partial charge in [0.2, 0.25) is 0 Å². The molecule has 0 fully saturated rings. The maximum absolute atomic E-state index is 5.92. The van der Waals surface area contributed by atoms with Crippen LogP contribution in [0.4, 0.5) is 17.4 Å². The Hall–Kier alpha value is -2.49. The number of fused-ring (bicyclic) bond motifs is 1.